The predicted octanol–water partition coefficient (Wildman–Crippen LogP) is 3.64. The van der Waals surface area contributed by atoms with E-state index in [9.17, 15) is 9.59 Å². The maximum absolute atomic E-state index is 12.7. The van der Waals surface area contributed by atoms with Crippen molar-refractivity contribution in [2.75, 3.05) is 20.3 Å². The lowest BCUT2D eigenvalue weighted by molar-refractivity contribution is -0.124. The first-order valence-electron chi connectivity index (χ1n) is 10.1. The van der Waals surface area contributed by atoms with Gasteiger partial charge in [0, 0.05) is 23.5 Å². The number of carbonyl (C=O) groups excluding carboxylic acids is 2. The van der Waals surface area contributed by atoms with Crippen LogP contribution in [0, 0.1) is 0 Å². The van der Waals surface area contributed by atoms with E-state index in [4.69, 9.17) is 9.47 Å². The number of benzene rings is 2. The highest BCUT2D eigenvalue weighted by Crippen LogP contribution is 2.40. The standard InChI is InChI=1S/C24H24N2O4/c1-29-22-9-5-2-6-17(22)12-13-25-23(27)15-30-24(28)19-14-21(16-10-11-16)26-20-8-4-3-7-18(19)20/h2-9,14,16H,10-13,15H2,1H3,(H,25,27). The van der Waals surface area contributed by atoms with Crippen molar-refractivity contribution in [1.29, 1.82) is 0 Å². The van der Waals surface area contributed by atoms with Crippen molar-refractivity contribution in [3.8, 4) is 5.75 Å². The third kappa shape index (κ3) is 4.59. The summed E-state index contributed by atoms with van der Waals surface area (Å²) in [6.45, 7) is 0.112. The van der Waals surface area contributed by atoms with Crippen LogP contribution < -0.4 is 10.1 Å². The molecule has 1 N–H and O–H groups in total. The number of ether oxygens (including phenoxy) is 2. The first-order valence-corrected chi connectivity index (χ1v) is 10.1. The average molecular weight is 404 g/mol. The molecule has 30 heavy (non-hydrogen) atoms. The zero-order valence-electron chi connectivity index (χ0n) is 16.9. The van der Waals surface area contributed by atoms with Crippen LogP contribution in [-0.2, 0) is 16.0 Å². The number of nitrogens with zero attached hydrogens (tertiary/aromatic N) is 1. The van der Waals surface area contributed by atoms with Gasteiger partial charge < -0.3 is 14.8 Å². The summed E-state index contributed by atoms with van der Waals surface area (Å²) in [5.74, 6) is 0.364. The van der Waals surface area contributed by atoms with Gasteiger partial charge in [-0.05, 0) is 43.0 Å². The smallest absolute Gasteiger partial charge is 0.339 e. The first-order chi connectivity index (χ1) is 14.7. The molecule has 0 unspecified atom stereocenters. The number of hydrogen-bond acceptors (Lipinski definition) is 5. The Hall–Kier alpha value is -3.41. The Kier molecular flexibility index (Phi) is 5.93. The average Bonchev–Trinajstić information content (AvgIpc) is 3.62. The molecule has 0 bridgehead atoms. The van der Waals surface area contributed by atoms with Crippen molar-refractivity contribution in [2.45, 2.75) is 25.2 Å². The van der Waals surface area contributed by atoms with E-state index in [1.54, 1.807) is 7.11 Å². The van der Waals surface area contributed by atoms with Gasteiger partial charge in [-0.25, -0.2) is 4.79 Å². The highest BCUT2D eigenvalue weighted by atomic mass is 16.5. The molecule has 0 radical (unpaired) electrons. The molecule has 3 aromatic rings. The van der Waals surface area contributed by atoms with Gasteiger partial charge in [-0.1, -0.05) is 36.4 Å². The number of amides is 1. The molecule has 0 atom stereocenters. The summed E-state index contributed by atoms with van der Waals surface area (Å²) < 4.78 is 10.6. The molecule has 2 aromatic carbocycles. The van der Waals surface area contributed by atoms with Crippen LogP contribution in [0.5, 0.6) is 5.75 Å². The number of carbonyl (C=O) groups is 2. The van der Waals surface area contributed by atoms with Gasteiger partial charge in [0.05, 0.1) is 18.2 Å². The summed E-state index contributed by atoms with van der Waals surface area (Å²) in [4.78, 5) is 29.5. The van der Waals surface area contributed by atoms with Crippen molar-refractivity contribution in [1.82, 2.24) is 10.3 Å². The number of methoxy groups -OCH3 is 1. The van der Waals surface area contributed by atoms with E-state index < -0.39 is 5.97 Å². The molecule has 6 heteroatoms. The van der Waals surface area contributed by atoms with Crippen molar-refractivity contribution < 1.29 is 19.1 Å². The number of esters is 1. The molecule has 0 aliphatic heterocycles. The monoisotopic (exact) mass is 404 g/mol. The Bertz CT molecular complexity index is 1080. The molecule has 1 heterocycles. The maximum atomic E-state index is 12.7. The van der Waals surface area contributed by atoms with Gasteiger partial charge in [0.1, 0.15) is 5.75 Å². The summed E-state index contributed by atoms with van der Waals surface area (Å²) in [5.41, 5.74) is 3.16. The fourth-order valence-corrected chi connectivity index (χ4v) is 3.46. The molecule has 1 fully saturated rings. The molecular weight excluding hydrogens is 380 g/mol. The Morgan fingerprint density at radius 1 is 1.10 bits per heavy atom. The van der Waals surface area contributed by atoms with E-state index in [2.05, 4.69) is 10.3 Å². The molecule has 1 aliphatic carbocycles. The van der Waals surface area contributed by atoms with Gasteiger partial charge in [0.25, 0.3) is 5.91 Å². The summed E-state index contributed by atoms with van der Waals surface area (Å²) in [7, 11) is 1.62. The van der Waals surface area contributed by atoms with Gasteiger partial charge in [-0.3, -0.25) is 9.78 Å². The lowest BCUT2D eigenvalue weighted by Crippen LogP contribution is -2.30. The second kappa shape index (κ2) is 8.95. The van der Waals surface area contributed by atoms with Gasteiger partial charge >= 0.3 is 5.97 Å². The molecule has 6 nitrogen and oxygen atoms in total. The van der Waals surface area contributed by atoms with Crippen LogP contribution >= 0.6 is 0 Å². The summed E-state index contributed by atoms with van der Waals surface area (Å²) >= 11 is 0. The van der Waals surface area contributed by atoms with Gasteiger partial charge in [-0.15, -0.1) is 0 Å². The SMILES string of the molecule is COc1ccccc1CCNC(=O)COC(=O)c1cc(C2CC2)nc2ccccc12. The van der Waals surface area contributed by atoms with Crippen molar-refractivity contribution in [2.24, 2.45) is 0 Å². The minimum Gasteiger partial charge on any atom is -0.496 e. The lowest BCUT2D eigenvalue weighted by atomic mass is 10.1. The summed E-state index contributed by atoms with van der Waals surface area (Å²) in [6.07, 6.45) is 2.81. The molecule has 154 valence electrons. The number of hydrogen-bond donors (Lipinski definition) is 1. The highest BCUT2D eigenvalue weighted by molar-refractivity contribution is 6.04. The first kappa shape index (κ1) is 19.9. The van der Waals surface area contributed by atoms with Crippen LogP contribution in [0.25, 0.3) is 10.9 Å². The zero-order valence-corrected chi connectivity index (χ0v) is 16.9. The molecule has 1 aliphatic rings. The van der Waals surface area contributed by atoms with Crippen LogP contribution in [0.3, 0.4) is 0 Å². The number of fused-ring (bicyclic) bond motifs is 1. The van der Waals surface area contributed by atoms with Crippen LogP contribution in [0.2, 0.25) is 0 Å². The van der Waals surface area contributed by atoms with Gasteiger partial charge in [0.15, 0.2) is 6.61 Å². The topological polar surface area (TPSA) is 77.5 Å². The minimum absolute atomic E-state index is 0.319. The van der Waals surface area contributed by atoms with Gasteiger partial charge in [0.2, 0.25) is 0 Å². The molecule has 0 saturated heterocycles. The number of rotatable bonds is 8. The second-order valence-corrected chi connectivity index (χ2v) is 7.37. The van der Waals surface area contributed by atoms with E-state index in [-0.39, 0.29) is 12.5 Å². The molecule has 4 rings (SSSR count). The Morgan fingerprint density at radius 3 is 2.67 bits per heavy atom. The number of nitrogens with one attached hydrogen (secondary N) is 1. The summed E-state index contributed by atoms with van der Waals surface area (Å²) in [5, 5.41) is 3.52. The second-order valence-electron chi connectivity index (χ2n) is 7.37. The fourth-order valence-electron chi connectivity index (χ4n) is 3.46. The van der Waals surface area contributed by atoms with Crippen molar-refractivity contribution in [3.63, 3.8) is 0 Å². The van der Waals surface area contributed by atoms with Crippen LogP contribution in [0.1, 0.15) is 40.4 Å². The van der Waals surface area contributed by atoms with E-state index in [1.807, 2.05) is 54.6 Å². The Morgan fingerprint density at radius 2 is 1.87 bits per heavy atom. The minimum atomic E-state index is -0.504. The van der Waals surface area contributed by atoms with Crippen LogP contribution in [0.4, 0.5) is 0 Å². The fraction of sp³-hybridized carbons (Fsp3) is 0.292. The van der Waals surface area contributed by atoms with Crippen molar-refractivity contribution in [3.05, 3.63) is 71.4 Å². The summed E-state index contributed by atoms with van der Waals surface area (Å²) in [6, 6.07) is 17.0. The molecule has 1 amide bonds. The molecular formula is C24H24N2O4. The van der Waals surface area contributed by atoms with E-state index >= 15 is 0 Å². The molecule has 1 saturated carbocycles. The number of aromatic nitrogens is 1. The number of pyridine rings is 1. The van der Waals surface area contributed by atoms with E-state index in [1.165, 1.54) is 0 Å². The maximum Gasteiger partial charge on any atom is 0.339 e. The van der Waals surface area contributed by atoms with Crippen LogP contribution in [-0.4, -0.2) is 37.1 Å². The Balaban J connectivity index is 1.35. The Labute approximate surface area is 175 Å². The van der Waals surface area contributed by atoms with Gasteiger partial charge in [-0.2, -0.15) is 0 Å². The zero-order chi connectivity index (χ0) is 20.9. The van der Waals surface area contributed by atoms with E-state index in [0.29, 0.717) is 24.4 Å². The van der Waals surface area contributed by atoms with E-state index in [0.717, 1.165) is 40.8 Å². The lowest BCUT2D eigenvalue weighted by Gasteiger charge is -2.11. The molecule has 0 spiro atoms. The normalized spacial score (nSPS) is 13.1. The van der Waals surface area contributed by atoms with Crippen LogP contribution in [0.15, 0.2) is 54.6 Å². The molecule has 1 aromatic heterocycles. The number of para-hydroxylation sites is 2. The largest absolute Gasteiger partial charge is 0.496 e. The third-order valence-corrected chi connectivity index (χ3v) is 5.19. The highest BCUT2D eigenvalue weighted by Gasteiger charge is 2.27. The quantitative estimate of drug-likeness (QED) is 0.580. The van der Waals surface area contributed by atoms with Crippen molar-refractivity contribution >= 4 is 22.8 Å². The third-order valence-electron chi connectivity index (χ3n) is 5.19. The predicted molar refractivity (Wildman–Crippen MR) is 114 cm³/mol.